The maximum Gasteiger partial charge on any atom is 0.289 e. The molecule has 0 saturated carbocycles. The number of carbonyl (C=O) groups is 3. The normalized spacial score (nSPS) is 12.0. The summed E-state index contributed by atoms with van der Waals surface area (Å²) in [6.45, 7) is 2.11. The molecule has 0 heterocycles. The molecule has 7 nitrogen and oxygen atoms in total. The zero-order chi connectivity index (χ0) is 25.9. The van der Waals surface area contributed by atoms with Crippen LogP contribution in [-0.2, 0) is 27.3 Å². The number of Topliss-reactive ketones (excluding diaryl/α,β-unsaturated/α-hetero) is 1. The van der Waals surface area contributed by atoms with Crippen molar-refractivity contribution in [2.75, 3.05) is 0 Å². The summed E-state index contributed by atoms with van der Waals surface area (Å²) < 4.78 is 0. The number of phenolic OH excluding ortho intramolecular Hbond substituents is 2. The molecule has 3 aromatic rings. The molecule has 0 spiro atoms. The molecule has 3 rings (SSSR count). The SMILES string of the molecule is CCC/C(=C\c1ccc(O)c(O)c1)C(=O)N[C@@H](Cc1ccccc1)C(=O)C(=O)NCc1ccccc1. The first-order chi connectivity index (χ1) is 17.4. The van der Waals surface area contributed by atoms with Crippen molar-refractivity contribution in [2.45, 2.75) is 38.8 Å². The molecule has 3 aromatic carbocycles. The molecular weight excluding hydrogens is 456 g/mol. The molecule has 0 aromatic heterocycles. The Bertz CT molecular complexity index is 1220. The maximum absolute atomic E-state index is 13.2. The Balaban J connectivity index is 1.80. The highest BCUT2D eigenvalue weighted by Gasteiger charge is 2.28. The molecule has 0 unspecified atom stereocenters. The Labute approximate surface area is 210 Å². The fourth-order valence-electron chi connectivity index (χ4n) is 3.69. The van der Waals surface area contributed by atoms with Crippen LogP contribution in [-0.4, -0.2) is 33.9 Å². The molecule has 186 valence electrons. The highest BCUT2D eigenvalue weighted by atomic mass is 16.3. The minimum absolute atomic E-state index is 0.156. The van der Waals surface area contributed by atoms with Gasteiger partial charge in [0.2, 0.25) is 11.7 Å². The first kappa shape index (κ1) is 26.2. The summed E-state index contributed by atoms with van der Waals surface area (Å²) >= 11 is 0. The minimum atomic E-state index is -1.07. The number of rotatable bonds is 11. The maximum atomic E-state index is 13.2. The zero-order valence-corrected chi connectivity index (χ0v) is 20.1. The van der Waals surface area contributed by atoms with E-state index in [0.717, 1.165) is 11.1 Å². The second-order valence-electron chi connectivity index (χ2n) is 8.42. The standard InChI is InChI=1S/C29H30N2O5/c1-2-9-23(16-22-14-15-25(32)26(33)18-22)28(35)31-24(17-20-10-5-3-6-11-20)27(34)29(36)30-19-21-12-7-4-8-13-21/h3-8,10-16,18,24,32-33H,2,9,17,19H2,1H3,(H,30,36)(H,31,35)/b23-16+/t24-/m0/s1. The molecule has 0 aliphatic heterocycles. The highest BCUT2D eigenvalue weighted by Crippen LogP contribution is 2.26. The molecular formula is C29H30N2O5. The average molecular weight is 487 g/mol. The molecule has 0 fully saturated rings. The van der Waals surface area contributed by atoms with Crippen molar-refractivity contribution in [3.63, 3.8) is 0 Å². The summed E-state index contributed by atoms with van der Waals surface area (Å²) in [5.74, 6) is -2.55. The molecule has 0 aliphatic rings. The third-order valence-electron chi connectivity index (χ3n) is 5.58. The number of carbonyl (C=O) groups excluding carboxylic acids is 3. The lowest BCUT2D eigenvalue weighted by Gasteiger charge is -2.19. The summed E-state index contributed by atoms with van der Waals surface area (Å²) in [5, 5.41) is 24.7. The van der Waals surface area contributed by atoms with Gasteiger partial charge in [0.1, 0.15) is 6.04 Å². The second-order valence-corrected chi connectivity index (χ2v) is 8.42. The van der Waals surface area contributed by atoms with E-state index in [1.54, 1.807) is 12.1 Å². The Morgan fingerprint density at radius 1 is 0.833 bits per heavy atom. The van der Waals surface area contributed by atoms with Crippen molar-refractivity contribution in [2.24, 2.45) is 0 Å². The summed E-state index contributed by atoms with van der Waals surface area (Å²) in [7, 11) is 0. The van der Waals surface area contributed by atoms with Crippen LogP contribution < -0.4 is 10.6 Å². The van der Waals surface area contributed by atoms with Crippen LogP contribution in [0.4, 0.5) is 0 Å². The van der Waals surface area contributed by atoms with Crippen molar-refractivity contribution < 1.29 is 24.6 Å². The Kier molecular flexibility index (Phi) is 9.40. The second kappa shape index (κ2) is 12.9. The molecule has 0 bridgehead atoms. The van der Waals surface area contributed by atoms with E-state index in [9.17, 15) is 24.6 Å². The van der Waals surface area contributed by atoms with Gasteiger partial charge >= 0.3 is 0 Å². The summed E-state index contributed by atoms with van der Waals surface area (Å²) in [6.07, 6.45) is 2.83. The van der Waals surface area contributed by atoms with Crippen LogP contribution in [0.1, 0.15) is 36.5 Å². The van der Waals surface area contributed by atoms with E-state index in [0.29, 0.717) is 24.0 Å². The summed E-state index contributed by atoms with van der Waals surface area (Å²) in [5.41, 5.74) is 2.57. The largest absolute Gasteiger partial charge is 0.504 e. The van der Waals surface area contributed by atoms with Gasteiger partial charge < -0.3 is 20.8 Å². The molecule has 0 saturated heterocycles. The molecule has 7 heteroatoms. The lowest BCUT2D eigenvalue weighted by atomic mass is 10.00. The number of phenols is 2. The van der Waals surface area contributed by atoms with Crippen LogP contribution in [0.5, 0.6) is 11.5 Å². The molecule has 0 radical (unpaired) electrons. The Morgan fingerprint density at radius 3 is 2.08 bits per heavy atom. The van der Waals surface area contributed by atoms with Crippen LogP contribution in [0.2, 0.25) is 0 Å². The van der Waals surface area contributed by atoms with E-state index in [1.807, 2.05) is 67.6 Å². The molecule has 0 aliphatic carbocycles. The van der Waals surface area contributed by atoms with E-state index >= 15 is 0 Å². The predicted molar refractivity (Wildman–Crippen MR) is 138 cm³/mol. The van der Waals surface area contributed by atoms with Gasteiger partial charge in [0.05, 0.1) is 0 Å². The summed E-state index contributed by atoms with van der Waals surface area (Å²) in [4.78, 5) is 39.0. The topological polar surface area (TPSA) is 116 Å². The van der Waals surface area contributed by atoms with Crippen molar-refractivity contribution in [3.05, 3.63) is 101 Å². The first-order valence-electron chi connectivity index (χ1n) is 11.8. The third kappa shape index (κ3) is 7.56. The zero-order valence-electron chi connectivity index (χ0n) is 20.1. The van der Waals surface area contributed by atoms with Gasteiger partial charge in [-0.05, 0) is 41.3 Å². The van der Waals surface area contributed by atoms with E-state index in [2.05, 4.69) is 10.6 Å². The number of nitrogens with one attached hydrogen (secondary N) is 2. The number of amides is 2. The van der Waals surface area contributed by atoms with Gasteiger partial charge in [-0.3, -0.25) is 14.4 Å². The van der Waals surface area contributed by atoms with Crippen molar-refractivity contribution >= 4 is 23.7 Å². The van der Waals surface area contributed by atoms with Crippen LogP contribution in [0.3, 0.4) is 0 Å². The number of ketones is 1. The quantitative estimate of drug-likeness (QED) is 0.186. The monoisotopic (exact) mass is 486 g/mol. The molecule has 2 amide bonds. The number of hydrogen-bond acceptors (Lipinski definition) is 5. The smallest absolute Gasteiger partial charge is 0.289 e. The number of hydrogen-bond donors (Lipinski definition) is 4. The van der Waals surface area contributed by atoms with E-state index in [4.69, 9.17) is 0 Å². The van der Waals surface area contributed by atoms with Gasteiger partial charge in [0, 0.05) is 18.5 Å². The summed E-state index contributed by atoms with van der Waals surface area (Å²) in [6, 6.07) is 21.6. The van der Waals surface area contributed by atoms with Crippen LogP contribution in [0.25, 0.3) is 6.08 Å². The van der Waals surface area contributed by atoms with E-state index < -0.39 is 23.6 Å². The molecule has 4 N–H and O–H groups in total. The van der Waals surface area contributed by atoms with Gasteiger partial charge in [-0.2, -0.15) is 0 Å². The van der Waals surface area contributed by atoms with Crippen LogP contribution >= 0.6 is 0 Å². The lowest BCUT2D eigenvalue weighted by molar-refractivity contribution is -0.139. The van der Waals surface area contributed by atoms with Gasteiger partial charge in [-0.1, -0.05) is 80.1 Å². The molecule has 36 heavy (non-hydrogen) atoms. The van der Waals surface area contributed by atoms with E-state index in [-0.39, 0.29) is 24.5 Å². The van der Waals surface area contributed by atoms with Crippen LogP contribution in [0.15, 0.2) is 84.4 Å². The fraction of sp³-hybridized carbons (Fsp3) is 0.207. The highest BCUT2D eigenvalue weighted by molar-refractivity contribution is 6.38. The fourth-order valence-corrected chi connectivity index (χ4v) is 3.69. The van der Waals surface area contributed by atoms with Crippen LogP contribution in [0, 0.1) is 0 Å². The minimum Gasteiger partial charge on any atom is -0.504 e. The van der Waals surface area contributed by atoms with Crippen molar-refractivity contribution in [1.82, 2.24) is 10.6 Å². The van der Waals surface area contributed by atoms with Crippen molar-refractivity contribution in [1.29, 1.82) is 0 Å². The Morgan fingerprint density at radius 2 is 1.47 bits per heavy atom. The van der Waals surface area contributed by atoms with Gasteiger partial charge in [-0.15, -0.1) is 0 Å². The number of aromatic hydroxyl groups is 2. The predicted octanol–water partition coefficient (Wildman–Crippen LogP) is 3.89. The van der Waals surface area contributed by atoms with Crippen molar-refractivity contribution in [3.8, 4) is 11.5 Å². The first-order valence-corrected chi connectivity index (χ1v) is 11.8. The number of benzene rings is 3. The average Bonchev–Trinajstić information content (AvgIpc) is 2.89. The van der Waals surface area contributed by atoms with Gasteiger partial charge in [0.25, 0.3) is 5.91 Å². The Hall–Kier alpha value is -4.39. The molecule has 1 atom stereocenters. The lowest BCUT2D eigenvalue weighted by Crippen LogP contribution is -2.48. The van der Waals surface area contributed by atoms with E-state index in [1.165, 1.54) is 12.1 Å². The van der Waals surface area contributed by atoms with Gasteiger partial charge in [0.15, 0.2) is 11.5 Å². The van der Waals surface area contributed by atoms with Gasteiger partial charge in [-0.25, -0.2) is 0 Å². The third-order valence-corrected chi connectivity index (χ3v) is 5.58.